The van der Waals surface area contributed by atoms with Crippen molar-refractivity contribution >= 4 is 92.5 Å². The molecule has 0 aliphatic heterocycles. The molecule has 0 saturated heterocycles. The van der Waals surface area contributed by atoms with E-state index in [1.54, 1.807) is 6.08 Å². The molecule has 2 aromatic heterocycles. The second-order valence-electron chi connectivity index (χ2n) is 14.1. The fraction of sp³-hybridized carbons (Fsp3) is 0. The lowest BCUT2D eigenvalue weighted by molar-refractivity contribution is 0.668. The van der Waals surface area contributed by atoms with E-state index < -0.39 is 0 Å². The van der Waals surface area contributed by atoms with Crippen molar-refractivity contribution in [1.82, 2.24) is 0 Å². The third-order valence-corrected chi connectivity index (χ3v) is 11.1. The van der Waals surface area contributed by atoms with E-state index in [2.05, 4.69) is 153 Å². The molecule has 0 radical (unpaired) electrons. The van der Waals surface area contributed by atoms with Crippen molar-refractivity contribution in [1.29, 1.82) is 0 Å². The van der Waals surface area contributed by atoms with Crippen LogP contribution in [0.25, 0.3) is 115 Å². The van der Waals surface area contributed by atoms with Crippen LogP contribution < -0.4 is 0 Å². The number of furan rings is 2. The average Bonchev–Trinajstić information content (AvgIpc) is 3.79. The highest BCUT2D eigenvalue weighted by molar-refractivity contribution is 6.29. The first-order valence-corrected chi connectivity index (χ1v) is 18.3. The van der Waals surface area contributed by atoms with Gasteiger partial charge < -0.3 is 8.83 Å². The van der Waals surface area contributed by atoms with Crippen molar-refractivity contribution in [3.05, 3.63) is 189 Å². The summed E-state index contributed by atoms with van der Waals surface area (Å²) in [5, 5.41) is 13.9. The number of hydrogen-bond acceptors (Lipinski definition) is 2. The Kier molecular flexibility index (Phi) is 6.59. The zero-order valence-corrected chi connectivity index (χ0v) is 29.4. The van der Waals surface area contributed by atoms with Crippen LogP contribution in [-0.2, 0) is 0 Å². The molecule has 2 heterocycles. The minimum atomic E-state index is 0.855. The molecular formula is C52H32O2. The summed E-state index contributed by atoms with van der Waals surface area (Å²) in [6.07, 6.45) is 5.69. The highest BCUT2D eigenvalue weighted by Crippen LogP contribution is 2.46. The zero-order valence-electron chi connectivity index (χ0n) is 29.4. The van der Waals surface area contributed by atoms with Gasteiger partial charge in [-0.05, 0) is 114 Å². The lowest BCUT2D eigenvalue weighted by atomic mass is 9.85. The SMILES string of the molecule is C=C/C=C\C(=C)c1ccc2cc(-c3c4ccccc4c(-c4ccc5c(c4)oc4ccc6ccc7c8ccccc8oc7c6c45)c4ccccc34)ccc2c1. The highest BCUT2D eigenvalue weighted by atomic mass is 16.3. The van der Waals surface area contributed by atoms with Gasteiger partial charge in [-0.2, -0.15) is 0 Å². The van der Waals surface area contributed by atoms with Gasteiger partial charge in [0.25, 0.3) is 0 Å². The number of hydrogen-bond donors (Lipinski definition) is 0. The first-order valence-electron chi connectivity index (χ1n) is 18.3. The largest absolute Gasteiger partial charge is 0.456 e. The van der Waals surface area contributed by atoms with Crippen LogP contribution in [0.3, 0.4) is 0 Å². The van der Waals surface area contributed by atoms with Crippen LogP contribution in [0.15, 0.2) is 192 Å². The molecule has 54 heavy (non-hydrogen) atoms. The van der Waals surface area contributed by atoms with E-state index in [0.29, 0.717) is 0 Å². The maximum absolute atomic E-state index is 6.69. The molecule has 0 N–H and O–H groups in total. The van der Waals surface area contributed by atoms with Gasteiger partial charge in [-0.15, -0.1) is 0 Å². The van der Waals surface area contributed by atoms with Crippen LogP contribution in [0, 0.1) is 0 Å². The fourth-order valence-corrected chi connectivity index (χ4v) is 8.64. The van der Waals surface area contributed by atoms with Crippen molar-refractivity contribution in [3.63, 3.8) is 0 Å². The van der Waals surface area contributed by atoms with Crippen molar-refractivity contribution in [2.75, 3.05) is 0 Å². The zero-order chi connectivity index (χ0) is 35.9. The van der Waals surface area contributed by atoms with Crippen LogP contribution in [-0.4, -0.2) is 0 Å². The molecule has 11 rings (SSSR count). The first-order chi connectivity index (χ1) is 26.6. The van der Waals surface area contributed by atoms with Crippen LogP contribution >= 0.6 is 0 Å². The molecule has 0 amide bonds. The van der Waals surface area contributed by atoms with E-state index >= 15 is 0 Å². The Balaban J connectivity index is 1.12. The van der Waals surface area contributed by atoms with Crippen molar-refractivity contribution in [2.24, 2.45) is 0 Å². The smallest absolute Gasteiger partial charge is 0.144 e. The molecule has 0 fully saturated rings. The summed E-state index contributed by atoms with van der Waals surface area (Å²) in [5.74, 6) is 0. The van der Waals surface area contributed by atoms with Crippen molar-refractivity contribution < 1.29 is 8.83 Å². The number of para-hydroxylation sites is 1. The monoisotopic (exact) mass is 688 g/mol. The quantitative estimate of drug-likeness (QED) is 0.133. The van der Waals surface area contributed by atoms with Gasteiger partial charge in [0.15, 0.2) is 0 Å². The Bertz CT molecular complexity index is 3360. The Morgan fingerprint density at radius 3 is 1.78 bits per heavy atom. The van der Waals surface area contributed by atoms with E-state index in [1.165, 1.54) is 49.0 Å². The van der Waals surface area contributed by atoms with Crippen molar-refractivity contribution in [3.8, 4) is 22.3 Å². The van der Waals surface area contributed by atoms with Crippen LogP contribution in [0.2, 0.25) is 0 Å². The molecule has 0 bridgehead atoms. The van der Waals surface area contributed by atoms with E-state index in [1.807, 2.05) is 24.3 Å². The molecule has 11 aromatic rings. The fourth-order valence-electron chi connectivity index (χ4n) is 8.64. The lowest BCUT2D eigenvalue weighted by Crippen LogP contribution is -1.91. The van der Waals surface area contributed by atoms with Gasteiger partial charge >= 0.3 is 0 Å². The molecule has 0 aliphatic rings. The number of fused-ring (bicyclic) bond motifs is 12. The second-order valence-corrected chi connectivity index (χ2v) is 14.1. The van der Waals surface area contributed by atoms with Gasteiger partial charge in [-0.25, -0.2) is 0 Å². The number of rotatable bonds is 5. The van der Waals surface area contributed by atoms with Gasteiger partial charge in [0.2, 0.25) is 0 Å². The van der Waals surface area contributed by atoms with Gasteiger partial charge in [0.05, 0.1) is 0 Å². The first kappa shape index (κ1) is 30.5. The summed E-state index contributed by atoms with van der Waals surface area (Å²) in [4.78, 5) is 0. The van der Waals surface area contributed by atoms with Gasteiger partial charge in [0.1, 0.15) is 22.3 Å². The minimum Gasteiger partial charge on any atom is -0.456 e. The summed E-state index contributed by atoms with van der Waals surface area (Å²) < 4.78 is 13.2. The summed E-state index contributed by atoms with van der Waals surface area (Å²) in [7, 11) is 0. The molecule has 2 heteroatoms. The number of benzene rings is 9. The summed E-state index contributed by atoms with van der Waals surface area (Å²) in [6.45, 7) is 8.04. The van der Waals surface area contributed by atoms with E-state index in [-0.39, 0.29) is 0 Å². The Labute approximate surface area is 311 Å². The maximum Gasteiger partial charge on any atom is 0.144 e. The molecule has 9 aromatic carbocycles. The minimum absolute atomic E-state index is 0.855. The van der Waals surface area contributed by atoms with Crippen LogP contribution in [0.4, 0.5) is 0 Å². The molecule has 0 saturated carbocycles. The Morgan fingerprint density at radius 1 is 0.444 bits per heavy atom. The predicted octanol–water partition coefficient (Wildman–Crippen LogP) is 15.2. The molecule has 2 nitrogen and oxygen atoms in total. The van der Waals surface area contributed by atoms with Gasteiger partial charge in [-0.1, -0.05) is 141 Å². The van der Waals surface area contributed by atoms with Gasteiger partial charge in [-0.3, -0.25) is 0 Å². The van der Waals surface area contributed by atoms with Crippen molar-refractivity contribution in [2.45, 2.75) is 0 Å². The topological polar surface area (TPSA) is 26.3 Å². The number of allylic oxidation sites excluding steroid dienone is 4. The average molecular weight is 689 g/mol. The summed E-state index contributed by atoms with van der Waals surface area (Å²) in [5.41, 5.74) is 10.3. The molecule has 0 unspecified atom stereocenters. The van der Waals surface area contributed by atoms with Crippen LogP contribution in [0.5, 0.6) is 0 Å². The van der Waals surface area contributed by atoms with Gasteiger partial charge in [0, 0.05) is 26.9 Å². The van der Waals surface area contributed by atoms with E-state index in [0.717, 1.165) is 71.3 Å². The summed E-state index contributed by atoms with van der Waals surface area (Å²) >= 11 is 0. The molecular weight excluding hydrogens is 657 g/mol. The Hall–Kier alpha value is -7.16. The Morgan fingerprint density at radius 2 is 1.04 bits per heavy atom. The standard InChI is InChI=1S/C52H32O2/c1-3-4-11-31(2)33-18-19-35-29-36(21-20-34(35)28-33)48-39-13-5-7-15-41(39)49(42-16-8-6-14-40(42)48)37-23-26-44-47(30-37)53-46-27-24-32-22-25-43-38-12-9-10-17-45(38)54-52(43)50(32)51(44)46/h3-30H,1-2H2/b11-4-. The third-order valence-electron chi connectivity index (χ3n) is 11.1. The molecule has 0 aliphatic carbocycles. The lowest BCUT2D eigenvalue weighted by Gasteiger charge is -2.18. The maximum atomic E-state index is 6.69. The second kappa shape index (κ2) is 11.7. The normalized spacial score (nSPS) is 12.1. The van der Waals surface area contributed by atoms with E-state index in [4.69, 9.17) is 8.83 Å². The summed E-state index contributed by atoms with van der Waals surface area (Å²) in [6, 6.07) is 54.5. The molecule has 0 spiro atoms. The van der Waals surface area contributed by atoms with E-state index in [9.17, 15) is 0 Å². The molecule has 0 atom stereocenters. The predicted molar refractivity (Wildman–Crippen MR) is 230 cm³/mol. The highest BCUT2D eigenvalue weighted by Gasteiger charge is 2.20. The third kappa shape index (κ3) is 4.47. The molecule has 252 valence electrons. The van der Waals surface area contributed by atoms with Crippen LogP contribution in [0.1, 0.15) is 5.56 Å².